The normalized spacial score (nSPS) is 11.3. The van der Waals surface area contributed by atoms with Gasteiger partial charge in [-0.25, -0.2) is 0 Å². The van der Waals surface area contributed by atoms with Gasteiger partial charge in [0.1, 0.15) is 5.76 Å². The first-order valence-corrected chi connectivity index (χ1v) is 8.60. The van der Waals surface area contributed by atoms with Gasteiger partial charge in [0, 0.05) is 45.3 Å². The highest BCUT2D eigenvalue weighted by molar-refractivity contribution is 5.79. The highest BCUT2D eigenvalue weighted by Gasteiger charge is 2.03. The molecule has 0 fully saturated rings. The fourth-order valence-electron chi connectivity index (χ4n) is 2.56. The van der Waals surface area contributed by atoms with Gasteiger partial charge in [-0.05, 0) is 37.6 Å². The first kappa shape index (κ1) is 17.9. The highest BCUT2D eigenvalue weighted by atomic mass is 16.3. The zero-order chi connectivity index (χ0) is 17.0. The lowest BCUT2D eigenvalue weighted by molar-refractivity contribution is 0.506. The molecule has 2 aromatic rings. The minimum atomic E-state index is 0.804. The van der Waals surface area contributed by atoms with Gasteiger partial charge < -0.3 is 20.0 Å². The zero-order valence-corrected chi connectivity index (χ0v) is 14.7. The largest absolute Gasteiger partial charge is 0.469 e. The molecule has 0 bridgehead atoms. The molecule has 0 aliphatic carbocycles. The number of hydrogen-bond donors (Lipinski definition) is 2. The standard InChI is InChI=1S/C19H28N4O/c1-3-23(17-9-5-4-6-10-17)15-8-13-21-19(20-2)22-14-12-18-11-7-16-24-18/h4-7,9-11,16H,3,8,12-15H2,1-2H3,(H2,20,21,22). The molecule has 1 heterocycles. The van der Waals surface area contributed by atoms with Crippen LogP contribution in [0.15, 0.2) is 58.1 Å². The number of hydrogen-bond acceptors (Lipinski definition) is 3. The predicted octanol–water partition coefficient (Wildman–Crippen LogP) is 2.90. The number of nitrogens with one attached hydrogen (secondary N) is 2. The van der Waals surface area contributed by atoms with E-state index in [1.165, 1.54) is 5.69 Å². The molecule has 0 aliphatic rings. The van der Waals surface area contributed by atoms with Crippen molar-refractivity contribution in [2.45, 2.75) is 19.8 Å². The van der Waals surface area contributed by atoms with Crippen LogP contribution in [0.5, 0.6) is 0 Å². The molecule has 1 aromatic carbocycles. The average Bonchev–Trinajstić information content (AvgIpc) is 3.14. The molecule has 2 rings (SSSR count). The maximum absolute atomic E-state index is 5.32. The van der Waals surface area contributed by atoms with Crippen LogP contribution in [0.4, 0.5) is 5.69 Å². The van der Waals surface area contributed by atoms with Crippen molar-refractivity contribution >= 4 is 11.6 Å². The molecule has 0 radical (unpaired) electrons. The van der Waals surface area contributed by atoms with E-state index in [9.17, 15) is 0 Å². The van der Waals surface area contributed by atoms with Crippen LogP contribution in [0.25, 0.3) is 0 Å². The van der Waals surface area contributed by atoms with Crippen molar-refractivity contribution in [1.82, 2.24) is 10.6 Å². The molecule has 5 nitrogen and oxygen atoms in total. The summed E-state index contributed by atoms with van der Waals surface area (Å²) in [7, 11) is 1.80. The Bertz CT molecular complexity index is 581. The zero-order valence-electron chi connectivity index (χ0n) is 14.7. The molecule has 0 amide bonds. The van der Waals surface area contributed by atoms with E-state index in [4.69, 9.17) is 4.42 Å². The van der Waals surface area contributed by atoms with Crippen LogP contribution in [-0.4, -0.2) is 39.2 Å². The third-order valence-corrected chi connectivity index (χ3v) is 3.87. The Kier molecular flexibility index (Phi) is 7.74. The fraction of sp³-hybridized carbons (Fsp3) is 0.421. The van der Waals surface area contributed by atoms with E-state index in [-0.39, 0.29) is 0 Å². The second-order valence-corrected chi connectivity index (χ2v) is 5.52. The maximum atomic E-state index is 5.32. The summed E-state index contributed by atoms with van der Waals surface area (Å²) in [5.41, 5.74) is 1.28. The van der Waals surface area contributed by atoms with Crippen molar-refractivity contribution < 1.29 is 4.42 Å². The van der Waals surface area contributed by atoms with E-state index in [2.05, 4.69) is 57.8 Å². The Morgan fingerprint density at radius 3 is 2.54 bits per heavy atom. The van der Waals surface area contributed by atoms with Crippen LogP contribution in [0, 0.1) is 0 Å². The number of para-hydroxylation sites is 1. The van der Waals surface area contributed by atoms with Gasteiger partial charge in [-0.1, -0.05) is 18.2 Å². The van der Waals surface area contributed by atoms with Gasteiger partial charge in [0.2, 0.25) is 0 Å². The number of nitrogens with zero attached hydrogens (tertiary/aromatic N) is 2. The molecule has 130 valence electrons. The van der Waals surface area contributed by atoms with Crippen LogP contribution in [-0.2, 0) is 6.42 Å². The number of rotatable bonds is 9. The van der Waals surface area contributed by atoms with E-state index in [1.807, 2.05) is 12.1 Å². The topological polar surface area (TPSA) is 52.8 Å². The van der Waals surface area contributed by atoms with Crippen molar-refractivity contribution in [1.29, 1.82) is 0 Å². The van der Waals surface area contributed by atoms with Crippen LogP contribution < -0.4 is 15.5 Å². The van der Waals surface area contributed by atoms with E-state index in [0.29, 0.717) is 0 Å². The number of furan rings is 1. The van der Waals surface area contributed by atoms with Crippen molar-refractivity contribution in [2.75, 3.05) is 38.1 Å². The number of aliphatic imine (C=N–C) groups is 1. The van der Waals surface area contributed by atoms with Gasteiger partial charge in [-0.15, -0.1) is 0 Å². The lowest BCUT2D eigenvalue weighted by Crippen LogP contribution is -2.39. The lowest BCUT2D eigenvalue weighted by Gasteiger charge is -2.23. The second-order valence-electron chi connectivity index (χ2n) is 5.52. The van der Waals surface area contributed by atoms with Gasteiger partial charge >= 0.3 is 0 Å². The third-order valence-electron chi connectivity index (χ3n) is 3.87. The molecule has 24 heavy (non-hydrogen) atoms. The van der Waals surface area contributed by atoms with Crippen LogP contribution >= 0.6 is 0 Å². The summed E-state index contributed by atoms with van der Waals surface area (Å²) in [5.74, 6) is 1.82. The minimum absolute atomic E-state index is 0.804. The van der Waals surface area contributed by atoms with Crippen LogP contribution in [0.3, 0.4) is 0 Å². The molecule has 0 saturated heterocycles. The molecule has 2 N–H and O–H groups in total. The van der Waals surface area contributed by atoms with Crippen molar-refractivity contribution in [3.8, 4) is 0 Å². The van der Waals surface area contributed by atoms with Crippen molar-refractivity contribution in [2.24, 2.45) is 4.99 Å². The average molecular weight is 328 g/mol. The Hall–Kier alpha value is -2.43. The van der Waals surface area contributed by atoms with Gasteiger partial charge in [-0.2, -0.15) is 0 Å². The summed E-state index contributed by atoms with van der Waals surface area (Å²) < 4.78 is 5.32. The number of anilines is 1. The summed E-state index contributed by atoms with van der Waals surface area (Å²) in [6.45, 7) is 5.93. The Labute approximate surface area is 144 Å². The van der Waals surface area contributed by atoms with E-state index in [0.717, 1.165) is 50.7 Å². The van der Waals surface area contributed by atoms with Crippen LogP contribution in [0.1, 0.15) is 19.1 Å². The monoisotopic (exact) mass is 328 g/mol. The summed E-state index contributed by atoms with van der Waals surface area (Å²) in [5, 5.41) is 6.67. The first-order chi connectivity index (χ1) is 11.8. The SMILES string of the molecule is CCN(CCCNC(=NC)NCCc1ccco1)c1ccccc1. The molecule has 0 unspecified atom stereocenters. The molecule has 1 aromatic heterocycles. The minimum Gasteiger partial charge on any atom is -0.469 e. The Balaban J connectivity index is 1.64. The fourth-order valence-corrected chi connectivity index (χ4v) is 2.56. The molecule has 0 saturated carbocycles. The predicted molar refractivity (Wildman–Crippen MR) is 101 cm³/mol. The summed E-state index contributed by atoms with van der Waals surface area (Å²) in [6.07, 6.45) is 3.61. The van der Waals surface area contributed by atoms with E-state index in [1.54, 1.807) is 13.3 Å². The van der Waals surface area contributed by atoms with Gasteiger partial charge in [0.05, 0.1) is 6.26 Å². The van der Waals surface area contributed by atoms with Gasteiger partial charge in [0.15, 0.2) is 5.96 Å². The number of benzene rings is 1. The molecular formula is C19H28N4O. The quantitative estimate of drug-likeness (QED) is 0.422. The third kappa shape index (κ3) is 5.99. The smallest absolute Gasteiger partial charge is 0.190 e. The van der Waals surface area contributed by atoms with Crippen molar-refractivity contribution in [3.63, 3.8) is 0 Å². The molecule has 0 atom stereocenters. The molecule has 5 heteroatoms. The van der Waals surface area contributed by atoms with Gasteiger partial charge in [-0.3, -0.25) is 4.99 Å². The molecular weight excluding hydrogens is 300 g/mol. The van der Waals surface area contributed by atoms with Crippen LogP contribution in [0.2, 0.25) is 0 Å². The Morgan fingerprint density at radius 1 is 1.08 bits per heavy atom. The van der Waals surface area contributed by atoms with Gasteiger partial charge in [0.25, 0.3) is 0 Å². The maximum Gasteiger partial charge on any atom is 0.190 e. The molecule has 0 spiro atoms. The Morgan fingerprint density at radius 2 is 1.88 bits per heavy atom. The lowest BCUT2D eigenvalue weighted by atomic mass is 10.2. The van der Waals surface area contributed by atoms with E-state index < -0.39 is 0 Å². The van der Waals surface area contributed by atoms with Crippen molar-refractivity contribution in [3.05, 3.63) is 54.5 Å². The second kappa shape index (κ2) is 10.4. The molecule has 0 aliphatic heterocycles. The first-order valence-electron chi connectivity index (χ1n) is 8.60. The summed E-state index contributed by atoms with van der Waals surface area (Å²) >= 11 is 0. The summed E-state index contributed by atoms with van der Waals surface area (Å²) in [6, 6.07) is 14.4. The highest BCUT2D eigenvalue weighted by Crippen LogP contribution is 2.12. The summed E-state index contributed by atoms with van der Waals surface area (Å²) in [4.78, 5) is 6.64. The number of guanidine groups is 1. The van der Waals surface area contributed by atoms with E-state index >= 15 is 0 Å².